The van der Waals surface area contributed by atoms with Gasteiger partial charge in [-0.2, -0.15) is 0 Å². The Morgan fingerprint density at radius 3 is 2.59 bits per heavy atom. The molecule has 0 spiro atoms. The number of piperidine rings is 1. The van der Waals surface area contributed by atoms with E-state index in [9.17, 15) is 18.8 Å². The lowest BCUT2D eigenvalue weighted by molar-refractivity contribution is -0.143. The summed E-state index contributed by atoms with van der Waals surface area (Å²) in [5, 5.41) is 5.40. The van der Waals surface area contributed by atoms with Crippen LogP contribution in [-0.4, -0.2) is 53.4 Å². The molecule has 9 heteroatoms. The molecule has 1 aromatic carbocycles. The molecule has 1 N–H and O–H groups in total. The average molecular weight is 462 g/mol. The van der Waals surface area contributed by atoms with Gasteiger partial charge in [0.05, 0.1) is 24.5 Å². The van der Waals surface area contributed by atoms with Gasteiger partial charge in [0.1, 0.15) is 11.5 Å². The molecule has 1 saturated heterocycles. The Balaban J connectivity index is 1.47. The lowest BCUT2D eigenvalue weighted by Gasteiger charge is -2.31. The molecule has 1 aromatic heterocycles. The molecule has 2 heterocycles. The van der Waals surface area contributed by atoms with Crippen LogP contribution in [0.3, 0.4) is 0 Å². The minimum absolute atomic E-state index is 0.0323. The molecule has 0 bridgehead atoms. The monoisotopic (exact) mass is 461 g/mol. The minimum atomic E-state index is -0.347. The van der Waals surface area contributed by atoms with Gasteiger partial charge in [0.25, 0.3) is 5.91 Å². The molecule has 1 fully saturated rings. The van der Waals surface area contributed by atoms with Crippen molar-refractivity contribution < 1.29 is 23.5 Å². The third kappa shape index (κ3) is 6.59. The highest BCUT2D eigenvalue weighted by Crippen LogP contribution is 2.30. The molecule has 2 aromatic rings. The molecule has 1 aliphatic rings. The van der Waals surface area contributed by atoms with E-state index in [2.05, 4.69) is 10.3 Å². The van der Waals surface area contributed by atoms with Crippen molar-refractivity contribution in [2.75, 3.05) is 19.7 Å². The van der Waals surface area contributed by atoms with Gasteiger partial charge < -0.3 is 15.0 Å². The number of esters is 1. The first-order valence-corrected chi connectivity index (χ1v) is 11.7. The number of ether oxygens (including phenoxy) is 1. The van der Waals surface area contributed by atoms with E-state index in [-0.39, 0.29) is 48.4 Å². The largest absolute Gasteiger partial charge is 0.466 e. The number of nitrogens with one attached hydrogen (secondary N) is 1. The first kappa shape index (κ1) is 23.8. The van der Waals surface area contributed by atoms with Crippen LogP contribution < -0.4 is 5.32 Å². The highest BCUT2D eigenvalue weighted by molar-refractivity contribution is 7.09. The van der Waals surface area contributed by atoms with Crippen molar-refractivity contribution in [3.05, 3.63) is 51.7 Å². The van der Waals surface area contributed by atoms with Gasteiger partial charge in [0.2, 0.25) is 5.91 Å². The standard InChI is InChI=1S/C23H28FN3O4S/c1-3-31-21(29)12-15(2)25-22(30)19-14-32-23(26-19)17-8-10-27(11-9-17)20(28)13-16-4-6-18(24)7-5-16/h4-7,14-15,17H,3,8-13H2,1-2H3,(H,25,30). The van der Waals surface area contributed by atoms with Gasteiger partial charge in [-0.25, -0.2) is 9.37 Å². The summed E-state index contributed by atoms with van der Waals surface area (Å²) in [6.45, 7) is 5.06. The van der Waals surface area contributed by atoms with Gasteiger partial charge in [-0.3, -0.25) is 14.4 Å². The Labute approximate surface area is 191 Å². The smallest absolute Gasteiger partial charge is 0.307 e. The molecule has 0 radical (unpaired) electrons. The molecule has 1 aliphatic heterocycles. The zero-order valence-corrected chi connectivity index (χ0v) is 19.1. The second kappa shape index (κ2) is 11.2. The molecular formula is C23H28FN3O4S. The SMILES string of the molecule is CCOC(=O)CC(C)NC(=O)c1csc(C2CCN(C(=O)Cc3ccc(F)cc3)CC2)n1. The second-order valence-electron chi connectivity index (χ2n) is 7.91. The predicted molar refractivity (Wildman–Crippen MR) is 119 cm³/mol. The van der Waals surface area contributed by atoms with E-state index in [1.54, 1.807) is 31.4 Å². The summed E-state index contributed by atoms with van der Waals surface area (Å²) in [5.74, 6) is -0.735. The van der Waals surface area contributed by atoms with Gasteiger partial charge >= 0.3 is 5.97 Å². The maximum atomic E-state index is 13.0. The van der Waals surface area contributed by atoms with E-state index in [1.807, 2.05) is 4.90 Å². The van der Waals surface area contributed by atoms with Crippen LogP contribution in [0, 0.1) is 5.82 Å². The minimum Gasteiger partial charge on any atom is -0.466 e. The number of halogens is 1. The normalized spacial score (nSPS) is 15.3. The number of nitrogens with zero attached hydrogens (tertiary/aromatic N) is 2. The number of aromatic nitrogens is 1. The summed E-state index contributed by atoms with van der Waals surface area (Å²) in [4.78, 5) is 42.8. The third-order valence-corrected chi connectivity index (χ3v) is 6.38. The van der Waals surface area contributed by atoms with Crippen LogP contribution >= 0.6 is 11.3 Å². The van der Waals surface area contributed by atoms with Crippen LogP contribution in [0.1, 0.15) is 60.1 Å². The van der Waals surface area contributed by atoms with Gasteiger partial charge in [-0.15, -0.1) is 11.3 Å². The van der Waals surface area contributed by atoms with E-state index in [0.29, 0.717) is 25.4 Å². The topological polar surface area (TPSA) is 88.6 Å². The fraction of sp³-hybridized carbons (Fsp3) is 0.478. The Morgan fingerprint density at radius 1 is 1.25 bits per heavy atom. The number of thiazole rings is 1. The van der Waals surface area contributed by atoms with E-state index in [0.717, 1.165) is 23.4 Å². The lowest BCUT2D eigenvalue weighted by atomic mass is 9.97. The average Bonchev–Trinajstić information content (AvgIpc) is 3.26. The fourth-order valence-electron chi connectivity index (χ4n) is 3.66. The molecule has 172 valence electrons. The number of benzene rings is 1. The van der Waals surface area contributed by atoms with Gasteiger partial charge in [-0.05, 0) is 44.4 Å². The van der Waals surface area contributed by atoms with Crippen molar-refractivity contribution in [1.82, 2.24) is 15.2 Å². The van der Waals surface area contributed by atoms with Crippen molar-refractivity contribution in [1.29, 1.82) is 0 Å². The van der Waals surface area contributed by atoms with Crippen molar-refractivity contribution >= 4 is 29.1 Å². The summed E-state index contributed by atoms with van der Waals surface area (Å²) in [5.41, 5.74) is 1.14. The van der Waals surface area contributed by atoms with Crippen molar-refractivity contribution in [2.24, 2.45) is 0 Å². The number of likely N-dealkylation sites (tertiary alicyclic amines) is 1. The Kier molecular flexibility index (Phi) is 8.33. The Morgan fingerprint density at radius 2 is 1.94 bits per heavy atom. The van der Waals surface area contributed by atoms with E-state index in [4.69, 9.17) is 4.74 Å². The molecule has 1 atom stereocenters. The lowest BCUT2D eigenvalue weighted by Crippen LogP contribution is -2.38. The summed E-state index contributed by atoms with van der Waals surface area (Å²) >= 11 is 1.44. The molecule has 0 aliphatic carbocycles. The zero-order chi connectivity index (χ0) is 23.1. The number of carbonyl (C=O) groups is 3. The molecule has 3 rings (SSSR count). The second-order valence-corrected chi connectivity index (χ2v) is 8.80. The van der Waals surface area contributed by atoms with Gasteiger partial charge in [0.15, 0.2) is 0 Å². The molecule has 2 amide bonds. The maximum absolute atomic E-state index is 13.0. The fourth-order valence-corrected chi connectivity index (χ4v) is 4.63. The number of rotatable bonds is 8. The van der Waals surface area contributed by atoms with Gasteiger partial charge in [-0.1, -0.05) is 12.1 Å². The maximum Gasteiger partial charge on any atom is 0.307 e. The molecular weight excluding hydrogens is 433 g/mol. The molecule has 32 heavy (non-hydrogen) atoms. The summed E-state index contributed by atoms with van der Waals surface area (Å²) in [6.07, 6.45) is 1.93. The zero-order valence-electron chi connectivity index (χ0n) is 18.3. The van der Waals surface area contributed by atoms with E-state index >= 15 is 0 Å². The highest BCUT2D eigenvalue weighted by Gasteiger charge is 2.26. The van der Waals surface area contributed by atoms with Crippen LogP contribution in [-0.2, 0) is 20.7 Å². The summed E-state index contributed by atoms with van der Waals surface area (Å²) in [6, 6.07) is 5.65. The summed E-state index contributed by atoms with van der Waals surface area (Å²) < 4.78 is 17.9. The van der Waals surface area contributed by atoms with Crippen molar-refractivity contribution in [3.8, 4) is 0 Å². The molecule has 1 unspecified atom stereocenters. The summed E-state index contributed by atoms with van der Waals surface area (Å²) in [7, 11) is 0. The Bertz CT molecular complexity index is 939. The number of carbonyl (C=O) groups excluding carboxylic acids is 3. The van der Waals surface area contributed by atoms with Crippen LogP contribution in [0.15, 0.2) is 29.6 Å². The first-order valence-electron chi connectivity index (χ1n) is 10.8. The van der Waals surface area contributed by atoms with Crippen LogP contribution in [0.5, 0.6) is 0 Å². The van der Waals surface area contributed by atoms with Crippen LogP contribution in [0.4, 0.5) is 4.39 Å². The number of hydrogen-bond acceptors (Lipinski definition) is 6. The third-order valence-electron chi connectivity index (χ3n) is 5.38. The van der Waals surface area contributed by atoms with Gasteiger partial charge in [0, 0.05) is 30.4 Å². The van der Waals surface area contributed by atoms with Crippen molar-refractivity contribution in [3.63, 3.8) is 0 Å². The number of amides is 2. The predicted octanol–water partition coefficient (Wildman–Crippen LogP) is 3.30. The highest BCUT2D eigenvalue weighted by atomic mass is 32.1. The Hall–Kier alpha value is -2.81. The molecule has 7 nitrogen and oxygen atoms in total. The van der Waals surface area contributed by atoms with E-state index < -0.39 is 0 Å². The first-order chi connectivity index (χ1) is 15.4. The van der Waals surface area contributed by atoms with E-state index in [1.165, 1.54) is 23.5 Å². The van der Waals surface area contributed by atoms with Crippen LogP contribution in [0.25, 0.3) is 0 Å². The number of hydrogen-bond donors (Lipinski definition) is 1. The molecule has 0 saturated carbocycles. The quantitative estimate of drug-likeness (QED) is 0.610. The van der Waals surface area contributed by atoms with Crippen LogP contribution in [0.2, 0.25) is 0 Å². The van der Waals surface area contributed by atoms with Crippen molar-refractivity contribution in [2.45, 2.75) is 51.5 Å².